The predicted molar refractivity (Wildman–Crippen MR) is 91.9 cm³/mol. The lowest BCUT2D eigenvalue weighted by Gasteiger charge is -2.19. The van der Waals surface area contributed by atoms with Crippen molar-refractivity contribution in [3.63, 3.8) is 0 Å². The molecule has 0 aliphatic heterocycles. The Labute approximate surface area is 138 Å². The summed E-state index contributed by atoms with van der Waals surface area (Å²) in [7, 11) is 0. The molecular weight excluding hydrogens is 314 g/mol. The van der Waals surface area contributed by atoms with Gasteiger partial charge >= 0.3 is 0 Å². The molecule has 7 heteroatoms. The van der Waals surface area contributed by atoms with Crippen LogP contribution in [0.1, 0.15) is 22.7 Å². The fraction of sp³-hybridized carbons (Fsp3) is 0.438. The molecule has 0 aliphatic carbocycles. The highest BCUT2D eigenvalue weighted by Gasteiger charge is 2.15. The van der Waals surface area contributed by atoms with Crippen LogP contribution in [0.25, 0.3) is 10.2 Å². The number of hydrogen-bond donors (Lipinski definition) is 2. The van der Waals surface area contributed by atoms with E-state index < -0.39 is 0 Å². The quantitative estimate of drug-likeness (QED) is 0.752. The second kappa shape index (κ2) is 7.52. The summed E-state index contributed by atoms with van der Waals surface area (Å²) in [5, 5.41) is 9.63. The van der Waals surface area contributed by atoms with Crippen LogP contribution >= 0.6 is 11.3 Å². The molecule has 0 bridgehead atoms. The van der Waals surface area contributed by atoms with Crippen LogP contribution in [0.2, 0.25) is 0 Å². The van der Waals surface area contributed by atoms with Gasteiger partial charge < -0.3 is 15.0 Å². The van der Waals surface area contributed by atoms with Gasteiger partial charge in [0.2, 0.25) is 5.91 Å². The van der Waals surface area contributed by atoms with E-state index in [0.29, 0.717) is 29.0 Å². The van der Waals surface area contributed by atoms with Gasteiger partial charge in [-0.3, -0.25) is 9.59 Å². The van der Waals surface area contributed by atoms with Crippen LogP contribution in [0.15, 0.2) is 17.4 Å². The van der Waals surface area contributed by atoms with Gasteiger partial charge in [0.1, 0.15) is 10.7 Å². The van der Waals surface area contributed by atoms with Gasteiger partial charge in [0.05, 0.1) is 12.0 Å². The van der Waals surface area contributed by atoms with Crippen LogP contribution in [-0.2, 0) is 11.2 Å². The Morgan fingerprint density at radius 3 is 2.87 bits per heavy atom. The number of nitrogens with one attached hydrogen (secondary N) is 1. The molecule has 0 saturated heterocycles. The highest BCUT2D eigenvalue weighted by atomic mass is 32.1. The van der Waals surface area contributed by atoms with Crippen LogP contribution < -0.4 is 5.56 Å². The van der Waals surface area contributed by atoms with Crippen LogP contribution in [0.5, 0.6) is 0 Å². The highest BCUT2D eigenvalue weighted by molar-refractivity contribution is 7.18. The predicted octanol–water partition coefficient (Wildman–Crippen LogP) is 1.54. The number of carbonyl (C=O) groups excluding carboxylic acids is 1. The summed E-state index contributed by atoms with van der Waals surface area (Å²) in [6.45, 7) is 8.06. The molecule has 2 aromatic heterocycles. The Balaban J connectivity index is 2.14. The minimum Gasteiger partial charge on any atom is -0.395 e. The molecule has 0 aromatic carbocycles. The second-order valence-corrected chi connectivity index (χ2v) is 6.53. The SMILES string of the molecule is C=CCN(CCO)C(=O)CCc1nc2sc(C)c(C)c2c(=O)[nH]1. The number of nitrogens with zero attached hydrogens (tertiary/aromatic N) is 2. The number of thiophene rings is 1. The van der Waals surface area contributed by atoms with E-state index in [1.54, 1.807) is 6.08 Å². The van der Waals surface area contributed by atoms with E-state index in [2.05, 4.69) is 16.5 Å². The summed E-state index contributed by atoms with van der Waals surface area (Å²) < 4.78 is 0. The number of aromatic amines is 1. The van der Waals surface area contributed by atoms with Gasteiger partial charge in [-0.25, -0.2) is 4.98 Å². The van der Waals surface area contributed by atoms with E-state index in [-0.39, 0.29) is 31.0 Å². The van der Waals surface area contributed by atoms with Crippen molar-refractivity contribution >= 4 is 27.5 Å². The van der Waals surface area contributed by atoms with E-state index in [4.69, 9.17) is 5.11 Å². The molecule has 23 heavy (non-hydrogen) atoms. The lowest BCUT2D eigenvalue weighted by Crippen LogP contribution is -2.34. The Morgan fingerprint density at radius 2 is 2.22 bits per heavy atom. The van der Waals surface area contributed by atoms with Gasteiger partial charge in [0.25, 0.3) is 5.56 Å². The zero-order valence-electron chi connectivity index (χ0n) is 13.4. The molecule has 1 amide bonds. The smallest absolute Gasteiger partial charge is 0.259 e. The molecule has 0 fully saturated rings. The normalized spacial score (nSPS) is 10.9. The number of H-pyrrole nitrogens is 1. The van der Waals surface area contributed by atoms with Crippen molar-refractivity contribution in [1.82, 2.24) is 14.9 Å². The maximum atomic E-state index is 12.2. The van der Waals surface area contributed by atoms with Crippen LogP contribution in [-0.4, -0.2) is 45.6 Å². The number of rotatable bonds is 7. The standard InChI is InChI=1S/C16H21N3O3S/c1-4-7-19(8-9-20)13(21)6-5-12-17-15(22)14-10(2)11(3)23-16(14)18-12/h4,20H,1,5-9H2,2-3H3,(H,17,18,22). The summed E-state index contributed by atoms with van der Waals surface area (Å²) in [5.74, 6) is 0.417. The zero-order valence-corrected chi connectivity index (χ0v) is 14.2. The van der Waals surface area contributed by atoms with Crippen molar-refractivity contribution in [1.29, 1.82) is 0 Å². The monoisotopic (exact) mass is 335 g/mol. The summed E-state index contributed by atoms with van der Waals surface area (Å²) in [4.78, 5) is 34.9. The van der Waals surface area contributed by atoms with E-state index in [9.17, 15) is 9.59 Å². The lowest BCUT2D eigenvalue weighted by atomic mass is 10.2. The van der Waals surface area contributed by atoms with E-state index in [1.807, 2.05) is 13.8 Å². The van der Waals surface area contributed by atoms with Gasteiger partial charge in [0, 0.05) is 30.8 Å². The van der Waals surface area contributed by atoms with Crippen LogP contribution in [0.3, 0.4) is 0 Å². The third kappa shape index (κ3) is 3.86. The fourth-order valence-electron chi connectivity index (χ4n) is 2.40. The summed E-state index contributed by atoms with van der Waals surface area (Å²) >= 11 is 1.49. The number of hydrogen-bond acceptors (Lipinski definition) is 5. The molecule has 0 spiro atoms. The second-order valence-electron chi connectivity index (χ2n) is 5.33. The first-order chi connectivity index (χ1) is 11.0. The molecular formula is C16H21N3O3S. The number of aliphatic hydroxyl groups is 1. The molecule has 0 aliphatic rings. The minimum atomic E-state index is -0.155. The van der Waals surface area contributed by atoms with Gasteiger partial charge in [-0.15, -0.1) is 17.9 Å². The number of aromatic nitrogens is 2. The first kappa shape index (κ1) is 17.4. The van der Waals surface area contributed by atoms with Gasteiger partial charge in [-0.1, -0.05) is 6.08 Å². The maximum Gasteiger partial charge on any atom is 0.259 e. The average Bonchev–Trinajstić information content (AvgIpc) is 2.79. The first-order valence-corrected chi connectivity index (χ1v) is 8.28. The minimum absolute atomic E-state index is 0.0889. The number of aliphatic hydroxyl groups excluding tert-OH is 1. The molecule has 2 rings (SSSR count). The topological polar surface area (TPSA) is 86.3 Å². The number of aryl methyl sites for hydroxylation is 3. The number of fused-ring (bicyclic) bond motifs is 1. The van der Waals surface area contributed by atoms with E-state index >= 15 is 0 Å². The summed E-state index contributed by atoms with van der Waals surface area (Å²) in [6.07, 6.45) is 2.21. The van der Waals surface area contributed by atoms with Crippen molar-refractivity contribution in [2.24, 2.45) is 0 Å². The highest BCUT2D eigenvalue weighted by Crippen LogP contribution is 2.25. The van der Waals surface area contributed by atoms with Gasteiger partial charge in [-0.2, -0.15) is 0 Å². The van der Waals surface area contributed by atoms with Crippen molar-refractivity contribution in [2.45, 2.75) is 26.7 Å². The van der Waals surface area contributed by atoms with E-state index in [0.717, 1.165) is 10.4 Å². The van der Waals surface area contributed by atoms with Gasteiger partial charge in [0.15, 0.2) is 0 Å². The fourth-order valence-corrected chi connectivity index (χ4v) is 3.44. The molecule has 124 valence electrons. The van der Waals surface area contributed by atoms with Crippen LogP contribution in [0.4, 0.5) is 0 Å². The summed E-state index contributed by atoms with van der Waals surface area (Å²) in [5.41, 5.74) is 0.805. The average molecular weight is 335 g/mol. The Bertz CT molecular complexity index is 779. The Hall–Kier alpha value is -1.99. The molecule has 2 aromatic rings. The third-order valence-corrected chi connectivity index (χ3v) is 4.84. The van der Waals surface area contributed by atoms with Crippen molar-refractivity contribution in [2.75, 3.05) is 19.7 Å². The molecule has 2 heterocycles. The largest absolute Gasteiger partial charge is 0.395 e. The molecule has 6 nitrogen and oxygen atoms in total. The first-order valence-electron chi connectivity index (χ1n) is 7.46. The lowest BCUT2D eigenvalue weighted by molar-refractivity contribution is -0.131. The van der Waals surface area contributed by atoms with Gasteiger partial charge in [-0.05, 0) is 19.4 Å². The third-order valence-electron chi connectivity index (χ3n) is 3.74. The maximum absolute atomic E-state index is 12.2. The molecule has 0 radical (unpaired) electrons. The Kier molecular flexibility index (Phi) is 5.68. The van der Waals surface area contributed by atoms with Crippen molar-refractivity contribution in [3.05, 3.63) is 39.3 Å². The number of amides is 1. The molecule has 2 N–H and O–H groups in total. The number of carbonyl (C=O) groups is 1. The Morgan fingerprint density at radius 1 is 1.48 bits per heavy atom. The van der Waals surface area contributed by atoms with Crippen molar-refractivity contribution < 1.29 is 9.90 Å². The van der Waals surface area contributed by atoms with Crippen LogP contribution in [0, 0.1) is 13.8 Å². The van der Waals surface area contributed by atoms with Crippen molar-refractivity contribution in [3.8, 4) is 0 Å². The molecule has 0 unspecified atom stereocenters. The summed E-state index contributed by atoms with van der Waals surface area (Å²) in [6, 6.07) is 0. The molecule has 0 atom stereocenters. The van der Waals surface area contributed by atoms with E-state index in [1.165, 1.54) is 16.2 Å². The zero-order chi connectivity index (χ0) is 17.0. The molecule has 0 saturated carbocycles.